The maximum Gasteiger partial charge on any atom is 0.315 e. The van der Waals surface area contributed by atoms with Crippen molar-refractivity contribution >= 4 is 29.2 Å². The number of hydrogen-bond donors (Lipinski definition) is 0. The highest BCUT2D eigenvalue weighted by atomic mass is 35.5. The molecule has 0 saturated heterocycles. The zero-order valence-electron chi connectivity index (χ0n) is 9.15. The minimum Gasteiger partial charge on any atom is -0.462 e. The third kappa shape index (κ3) is 1.20. The van der Waals surface area contributed by atoms with Gasteiger partial charge >= 0.3 is 5.97 Å². The lowest BCUT2D eigenvalue weighted by Gasteiger charge is -2.15. The minimum absolute atomic E-state index is 0.139. The van der Waals surface area contributed by atoms with Crippen LogP contribution in [0.1, 0.15) is 34.6 Å². The molecule has 1 aliphatic carbocycles. The Morgan fingerprint density at radius 2 is 1.57 bits per heavy atom. The van der Waals surface area contributed by atoms with Crippen molar-refractivity contribution in [2.75, 3.05) is 0 Å². The van der Waals surface area contributed by atoms with Crippen LogP contribution in [0.5, 0.6) is 0 Å². The van der Waals surface area contributed by atoms with Gasteiger partial charge in [-0.05, 0) is 20.8 Å². The summed E-state index contributed by atoms with van der Waals surface area (Å²) in [6.45, 7) is 9.10. The van der Waals surface area contributed by atoms with Crippen molar-refractivity contribution in [2.24, 2.45) is 10.8 Å². The van der Waals surface area contributed by atoms with Crippen LogP contribution in [0.3, 0.4) is 0 Å². The van der Waals surface area contributed by atoms with Crippen molar-refractivity contribution in [3.63, 3.8) is 0 Å². The molecule has 0 bridgehead atoms. The molecule has 1 saturated carbocycles. The van der Waals surface area contributed by atoms with Crippen LogP contribution in [0.15, 0.2) is 0 Å². The van der Waals surface area contributed by atoms with Crippen molar-refractivity contribution in [1.82, 2.24) is 0 Å². The second-order valence-corrected chi connectivity index (χ2v) is 6.11. The Bertz CT molecular complexity index is 255. The molecular formula is C10H16Cl2O2. The van der Waals surface area contributed by atoms with E-state index in [-0.39, 0.29) is 12.1 Å². The summed E-state index contributed by atoms with van der Waals surface area (Å²) in [6.07, 6.45) is -0.139. The van der Waals surface area contributed by atoms with Gasteiger partial charge in [0, 0.05) is 5.41 Å². The second-order valence-electron chi connectivity index (χ2n) is 4.78. The first kappa shape index (κ1) is 12.1. The van der Waals surface area contributed by atoms with E-state index in [1.54, 1.807) is 20.8 Å². The van der Waals surface area contributed by atoms with Crippen LogP contribution in [0.2, 0.25) is 0 Å². The molecule has 2 nitrogen and oxygen atoms in total. The summed E-state index contributed by atoms with van der Waals surface area (Å²) in [5, 5.41) is 0. The van der Waals surface area contributed by atoms with Gasteiger partial charge < -0.3 is 4.74 Å². The molecule has 1 fully saturated rings. The molecule has 4 heteroatoms. The predicted octanol–water partition coefficient (Wildman–Crippen LogP) is 3.16. The Hall–Kier alpha value is 0.0500. The molecule has 1 aliphatic rings. The van der Waals surface area contributed by atoms with E-state index < -0.39 is 15.2 Å². The number of carbonyl (C=O) groups is 1. The number of ether oxygens (including phenoxy) is 1. The number of hydrogen-bond acceptors (Lipinski definition) is 2. The number of alkyl halides is 2. The summed E-state index contributed by atoms with van der Waals surface area (Å²) in [5.41, 5.74) is -1.23. The molecule has 1 unspecified atom stereocenters. The molecule has 0 aliphatic heterocycles. The Kier molecular flexibility index (Phi) is 2.61. The quantitative estimate of drug-likeness (QED) is 0.546. The number of carbonyl (C=O) groups excluding carboxylic acids is 1. The Labute approximate surface area is 94.9 Å². The molecule has 0 radical (unpaired) electrons. The van der Waals surface area contributed by atoms with E-state index in [1.807, 2.05) is 13.8 Å². The first-order valence-electron chi connectivity index (χ1n) is 4.68. The fourth-order valence-electron chi connectivity index (χ4n) is 1.69. The maximum atomic E-state index is 11.8. The molecule has 0 aromatic rings. The lowest BCUT2D eigenvalue weighted by atomic mass is 9.98. The highest BCUT2D eigenvalue weighted by molar-refractivity contribution is 6.54. The molecular weight excluding hydrogens is 223 g/mol. The van der Waals surface area contributed by atoms with Gasteiger partial charge in [0.2, 0.25) is 0 Å². The zero-order chi connectivity index (χ0) is 11.4. The van der Waals surface area contributed by atoms with Crippen molar-refractivity contribution in [1.29, 1.82) is 0 Å². The molecule has 0 aromatic heterocycles. The summed E-state index contributed by atoms with van der Waals surface area (Å²) in [5.74, 6) is -0.317. The van der Waals surface area contributed by atoms with Crippen LogP contribution >= 0.6 is 23.2 Å². The topological polar surface area (TPSA) is 26.3 Å². The fourth-order valence-corrected chi connectivity index (χ4v) is 2.60. The Morgan fingerprint density at radius 1 is 1.21 bits per heavy atom. The van der Waals surface area contributed by atoms with Gasteiger partial charge in [0.05, 0.1) is 6.10 Å². The van der Waals surface area contributed by atoms with Crippen LogP contribution in [0.4, 0.5) is 0 Å². The zero-order valence-corrected chi connectivity index (χ0v) is 10.7. The summed E-state index contributed by atoms with van der Waals surface area (Å²) in [4.78, 5) is 11.8. The normalized spacial score (nSPS) is 32.9. The largest absolute Gasteiger partial charge is 0.462 e. The van der Waals surface area contributed by atoms with E-state index in [9.17, 15) is 4.79 Å². The smallest absolute Gasteiger partial charge is 0.315 e. The predicted molar refractivity (Wildman–Crippen MR) is 57.6 cm³/mol. The summed E-state index contributed by atoms with van der Waals surface area (Å²) in [7, 11) is 0. The number of esters is 1. The van der Waals surface area contributed by atoms with Gasteiger partial charge in [0.15, 0.2) is 0 Å². The van der Waals surface area contributed by atoms with E-state index in [1.165, 1.54) is 0 Å². The van der Waals surface area contributed by atoms with E-state index in [4.69, 9.17) is 27.9 Å². The monoisotopic (exact) mass is 238 g/mol. The van der Waals surface area contributed by atoms with E-state index in [2.05, 4.69) is 0 Å². The minimum atomic E-state index is -1.02. The van der Waals surface area contributed by atoms with Gasteiger partial charge in [-0.15, -0.1) is 0 Å². The highest BCUT2D eigenvalue weighted by Crippen LogP contribution is 2.77. The molecule has 0 spiro atoms. The Balaban J connectivity index is 2.86. The second kappa shape index (κ2) is 3.02. The van der Waals surface area contributed by atoms with Gasteiger partial charge in [0.25, 0.3) is 0 Å². The molecule has 0 heterocycles. The molecule has 14 heavy (non-hydrogen) atoms. The van der Waals surface area contributed by atoms with Gasteiger partial charge in [-0.3, -0.25) is 4.79 Å². The van der Waals surface area contributed by atoms with Crippen LogP contribution in [-0.2, 0) is 9.53 Å². The van der Waals surface area contributed by atoms with E-state index >= 15 is 0 Å². The van der Waals surface area contributed by atoms with E-state index in [0.717, 1.165) is 0 Å². The summed E-state index contributed by atoms with van der Waals surface area (Å²) in [6, 6.07) is 0. The average Bonchev–Trinajstić information content (AvgIpc) is 2.28. The molecule has 0 N–H and O–H groups in total. The van der Waals surface area contributed by atoms with E-state index in [0.29, 0.717) is 0 Å². The first-order chi connectivity index (χ1) is 6.09. The van der Waals surface area contributed by atoms with Gasteiger partial charge in [-0.1, -0.05) is 37.0 Å². The average molecular weight is 239 g/mol. The van der Waals surface area contributed by atoms with Crippen LogP contribution in [0.25, 0.3) is 0 Å². The SMILES string of the molecule is CC(C)OC(=O)C1(C)C(C)(C)C1(Cl)Cl. The number of rotatable bonds is 2. The van der Waals surface area contributed by atoms with Crippen LogP contribution in [-0.4, -0.2) is 16.4 Å². The summed E-state index contributed by atoms with van der Waals surface area (Å²) >= 11 is 12.2. The van der Waals surface area contributed by atoms with Crippen molar-refractivity contribution in [2.45, 2.75) is 45.1 Å². The van der Waals surface area contributed by atoms with Crippen molar-refractivity contribution in [3.8, 4) is 0 Å². The molecule has 0 amide bonds. The lowest BCUT2D eigenvalue weighted by Crippen LogP contribution is -2.25. The van der Waals surface area contributed by atoms with Gasteiger partial charge in [0.1, 0.15) is 9.75 Å². The molecule has 1 atom stereocenters. The molecule has 82 valence electrons. The molecule has 0 aromatic carbocycles. The standard InChI is InChI=1S/C10H16Cl2O2/c1-6(2)14-7(13)9(5)8(3,4)10(9,11)12/h6H,1-5H3. The Morgan fingerprint density at radius 3 is 1.79 bits per heavy atom. The van der Waals surface area contributed by atoms with Crippen LogP contribution < -0.4 is 0 Å². The third-order valence-corrected chi connectivity index (χ3v) is 5.05. The lowest BCUT2D eigenvalue weighted by molar-refractivity contribution is -0.154. The third-order valence-electron chi connectivity index (χ3n) is 3.35. The molecule has 1 rings (SSSR count). The van der Waals surface area contributed by atoms with Gasteiger partial charge in [-0.25, -0.2) is 0 Å². The first-order valence-corrected chi connectivity index (χ1v) is 5.43. The van der Waals surface area contributed by atoms with Crippen LogP contribution in [0, 0.1) is 10.8 Å². The van der Waals surface area contributed by atoms with Gasteiger partial charge in [-0.2, -0.15) is 0 Å². The fraction of sp³-hybridized carbons (Fsp3) is 0.900. The summed E-state index contributed by atoms with van der Waals surface area (Å²) < 4.78 is 4.12. The van der Waals surface area contributed by atoms with Crippen molar-refractivity contribution < 1.29 is 9.53 Å². The highest BCUT2D eigenvalue weighted by Gasteiger charge is 2.84. The number of halogens is 2. The maximum absolute atomic E-state index is 11.8. The van der Waals surface area contributed by atoms with Crippen molar-refractivity contribution in [3.05, 3.63) is 0 Å².